The van der Waals surface area contributed by atoms with Crippen molar-refractivity contribution in [3.05, 3.63) is 27.3 Å². The first-order valence-electron chi connectivity index (χ1n) is 12.3. The zero-order chi connectivity index (χ0) is 27.3. The van der Waals surface area contributed by atoms with Gasteiger partial charge in [0.05, 0.1) is 18.0 Å². The van der Waals surface area contributed by atoms with E-state index in [0.29, 0.717) is 24.9 Å². The number of rotatable bonds is 3. The molecule has 2 atom stereocenters. The minimum atomic E-state index is -0.651. The van der Waals surface area contributed by atoms with Crippen LogP contribution in [-0.4, -0.2) is 60.7 Å². The molecule has 0 unspecified atom stereocenters. The molecule has 1 aromatic carbocycles. The summed E-state index contributed by atoms with van der Waals surface area (Å²) in [6.45, 7) is 13.4. The summed E-state index contributed by atoms with van der Waals surface area (Å²) < 4.78 is 14.0. The second-order valence-corrected chi connectivity index (χ2v) is 12.8. The van der Waals surface area contributed by atoms with Crippen LogP contribution in [0, 0.1) is 6.92 Å². The molecule has 0 radical (unpaired) electrons. The third kappa shape index (κ3) is 6.17. The maximum Gasteiger partial charge on any atom is 0.410 e. The molecule has 4 rings (SSSR count). The number of nitrogens with zero attached hydrogens (tertiary/aromatic N) is 5. The summed E-state index contributed by atoms with van der Waals surface area (Å²) in [4.78, 5) is 32.0. The summed E-state index contributed by atoms with van der Waals surface area (Å²) in [7, 11) is 0. The van der Waals surface area contributed by atoms with Crippen molar-refractivity contribution in [3.63, 3.8) is 0 Å². The van der Waals surface area contributed by atoms with Crippen molar-refractivity contribution < 1.29 is 19.1 Å². The van der Waals surface area contributed by atoms with Gasteiger partial charge in [0, 0.05) is 22.4 Å². The molecule has 11 heteroatoms. The molecule has 0 bridgehead atoms. The topological polar surface area (TPSA) is 99.4 Å². The minimum Gasteiger partial charge on any atom is -0.460 e. The number of ether oxygens (including phenoxy) is 2. The van der Waals surface area contributed by atoms with Crippen LogP contribution >= 0.6 is 27.5 Å². The molecule has 1 aliphatic rings. The van der Waals surface area contributed by atoms with Gasteiger partial charge in [-0.25, -0.2) is 14.5 Å². The number of aromatic nitrogens is 4. The predicted octanol–water partition coefficient (Wildman–Crippen LogP) is 6.38. The van der Waals surface area contributed by atoms with E-state index >= 15 is 0 Å². The Kier molecular flexibility index (Phi) is 7.47. The molecule has 1 aliphatic heterocycles. The Labute approximate surface area is 229 Å². The van der Waals surface area contributed by atoms with Crippen molar-refractivity contribution in [2.45, 2.75) is 91.0 Å². The SMILES string of the molecule is Cc1cc2c(cc1Br)nc(Cl)c1nnn([C@H]3CCN(C(=O)OC(C)(C)C)[C@H](CC(=O)OC(C)(C)C)C3)c12. The zero-order valence-corrected chi connectivity index (χ0v) is 24.6. The third-order valence-corrected chi connectivity index (χ3v) is 7.24. The Morgan fingerprint density at radius 2 is 1.81 bits per heavy atom. The number of hydrogen-bond donors (Lipinski definition) is 0. The Bertz CT molecular complexity index is 1360. The molecular formula is C26H33BrClN5O4. The van der Waals surface area contributed by atoms with Crippen molar-refractivity contribution >= 4 is 61.5 Å². The molecule has 0 saturated carbocycles. The fraction of sp³-hybridized carbons (Fsp3) is 0.577. The molecule has 3 aromatic rings. The number of hydrogen-bond acceptors (Lipinski definition) is 7. The van der Waals surface area contributed by atoms with Gasteiger partial charge >= 0.3 is 12.1 Å². The monoisotopic (exact) mass is 593 g/mol. The maximum atomic E-state index is 13.1. The first-order chi connectivity index (χ1) is 17.1. The summed E-state index contributed by atoms with van der Waals surface area (Å²) in [6, 6.07) is 3.42. The summed E-state index contributed by atoms with van der Waals surface area (Å²) in [5, 5.41) is 9.98. The van der Waals surface area contributed by atoms with Crippen LogP contribution in [0.2, 0.25) is 5.15 Å². The van der Waals surface area contributed by atoms with E-state index in [1.54, 1.807) is 4.90 Å². The molecule has 0 spiro atoms. The molecule has 2 aromatic heterocycles. The minimum absolute atomic E-state index is 0.0504. The highest BCUT2D eigenvalue weighted by Crippen LogP contribution is 2.36. The van der Waals surface area contributed by atoms with Crippen LogP contribution in [0.5, 0.6) is 0 Å². The number of aryl methyl sites for hydroxylation is 1. The van der Waals surface area contributed by atoms with E-state index in [9.17, 15) is 9.59 Å². The summed E-state index contributed by atoms with van der Waals surface area (Å²) >= 11 is 10.1. The van der Waals surface area contributed by atoms with E-state index in [1.807, 2.05) is 65.3 Å². The lowest BCUT2D eigenvalue weighted by Crippen LogP contribution is -2.49. The van der Waals surface area contributed by atoms with Crippen molar-refractivity contribution in [3.8, 4) is 0 Å². The lowest BCUT2D eigenvalue weighted by Gasteiger charge is -2.40. The fourth-order valence-electron chi connectivity index (χ4n) is 4.63. The molecule has 1 fully saturated rings. The highest BCUT2D eigenvalue weighted by molar-refractivity contribution is 9.10. The van der Waals surface area contributed by atoms with Gasteiger partial charge in [-0.1, -0.05) is 32.7 Å². The zero-order valence-electron chi connectivity index (χ0n) is 22.3. The van der Waals surface area contributed by atoms with E-state index < -0.39 is 23.3 Å². The van der Waals surface area contributed by atoms with Crippen molar-refractivity contribution in [1.82, 2.24) is 24.9 Å². The molecule has 1 saturated heterocycles. The van der Waals surface area contributed by atoms with Gasteiger partial charge < -0.3 is 14.4 Å². The van der Waals surface area contributed by atoms with Gasteiger partial charge in [-0.2, -0.15) is 0 Å². The quantitative estimate of drug-likeness (QED) is 0.256. The third-order valence-electron chi connectivity index (χ3n) is 6.12. The first-order valence-corrected chi connectivity index (χ1v) is 13.5. The molecule has 37 heavy (non-hydrogen) atoms. The fourth-order valence-corrected chi connectivity index (χ4v) is 5.18. The molecule has 0 N–H and O–H groups in total. The Morgan fingerprint density at radius 3 is 2.46 bits per heavy atom. The van der Waals surface area contributed by atoms with Crippen LogP contribution in [0.4, 0.5) is 4.79 Å². The van der Waals surface area contributed by atoms with E-state index in [4.69, 9.17) is 21.1 Å². The normalized spacial score (nSPS) is 18.9. The highest BCUT2D eigenvalue weighted by atomic mass is 79.9. The van der Waals surface area contributed by atoms with E-state index in [-0.39, 0.29) is 23.6 Å². The van der Waals surface area contributed by atoms with Gasteiger partial charge in [-0.05, 0) is 79.0 Å². The number of halogens is 2. The lowest BCUT2D eigenvalue weighted by molar-refractivity contribution is -0.156. The van der Waals surface area contributed by atoms with E-state index in [2.05, 4.69) is 31.2 Å². The maximum absolute atomic E-state index is 13.1. The van der Waals surface area contributed by atoms with Gasteiger partial charge in [0.15, 0.2) is 10.7 Å². The number of amides is 1. The number of esters is 1. The van der Waals surface area contributed by atoms with Crippen LogP contribution in [0.15, 0.2) is 16.6 Å². The summed E-state index contributed by atoms with van der Waals surface area (Å²) in [5.41, 5.74) is 1.81. The van der Waals surface area contributed by atoms with Crippen molar-refractivity contribution in [2.24, 2.45) is 0 Å². The number of carbonyl (C=O) groups excluding carboxylic acids is 2. The average Bonchev–Trinajstić information content (AvgIpc) is 3.19. The smallest absolute Gasteiger partial charge is 0.410 e. The Hall–Kier alpha value is -2.46. The summed E-state index contributed by atoms with van der Waals surface area (Å²) in [6.07, 6.45) is 0.698. The number of carbonyl (C=O) groups is 2. The van der Waals surface area contributed by atoms with Crippen LogP contribution in [-0.2, 0) is 14.3 Å². The number of piperidine rings is 1. The van der Waals surface area contributed by atoms with Gasteiger partial charge in [0.1, 0.15) is 16.7 Å². The standard InChI is InChI=1S/C26H33BrClN5O4/c1-14-10-17-19(13-18(14)27)29-23(28)21-22(17)33(31-30-21)15-8-9-32(24(35)37-26(5,6)7)16(11-15)12-20(34)36-25(2,3)4/h10,13,15-16H,8-9,11-12H2,1-7H3/t15-,16-/m0/s1. The second-order valence-electron chi connectivity index (χ2n) is 11.5. The largest absolute Gasteiger partial charge is 0.460 e. The van der Waals surface area contributed by atoms with E-state index in [1.165, 1.54) is 0 Å². The number of pyridine rings is 1. The summed E-state index contributed by atoms with van der Waals surface area (Å²) in [5.74, 6) is -0.367. The van der Waals surface area contributed by atoms with Crippen molar-refractivity contribution in [2.75, 3.05) is 6.54 Å². The lowest BCUT2D eigenvalue weighted by atomic mass is 9.94. The Morgan fingerprint density at radius 1 is 1.14 bits per heavy atom. The molecule has 200 valence electrons. The molecule has 3 heterocycles. The van der Waals surface area contributed by atoms with Gasteiger partial charge in [0.25, 0.3) is 0 Å². The number of benzene rings is 1. The van der Waals surface area contributed by atoms with Gasteiger partial charge in [-0.15, -0.1) is 5.10 Å². The van der Waals surface area contributed by atoms with Crippen LogP contribution in [0.3, 0.4) is 0 Å². The average molecular weight is 595 g/mol. The molecule has 9 nitrogen and oxygen atoms in total. The number of likely N-dealkylation sites (tertiary alicyclic amines) is 1. The molecular weight excluding hydrogens is 562 g/mol. The van der Waals surface area contributed by atoms with Crippen molar-refractivity contribution in [1.29, 1.82) is 0 Å². The van der Waals surface area contributed by atoms with Crippen LogP contribution in [0.1, 0.15) is 72.4 Å². The van der Waals surface area contributed by atoms with E-state index in [0.717, 1.165) is 26.5 Å². The van der Waals surface area contributed by atoms with Crippen LogP contribution < -0.4 is 0 Å². The first kappa shape index (κ1) is 27.6. The van der Waals surface area contributed by atoms with Gasteiger partial charge in [0.2, 0.25) is 0 Å². The van der Waals surface area contributed by atoms with Crippen LogP contribution in [0.25, 0.3) is 21.9 Å². The second kappa shape index (κ2) is 10.0. The number of fused-ring (bicyclic) bond motifs is 3. The molecule has 0 aliphatic carbocycles. The molecule has 1 amide bonds. The Balaban J connectivity index is 1.72. The van der Waals surface area contributed by atoms with Gasteiger partial charge in [-0.3, -0.25) is 4.79 Å². The highest BCUT2D eigenvalue weighted by Gasteiger charge is 2.38. The predicted molar refractivity (Wildman–Crippen MR) is 146 cm³/mol.